The molecule has 2 aromatic rings. The molecule has 1 N–H and O–H groups in total. The van der Waals surface area contributed by atoms with Crippen molar-refractivity contribution in [1.82, 2.24) is 10.2 Å². The molecule has 5 nitrogen and oxygen atoms in total. The van der Waals surface area contributed by atoms with E-state index in [1.54, 1.807) is 19.2 Å². The van der Waals surface area contributed by atoms with Gasteiger partial charge in [0.15, 0.2) is 6.61 Å². The number of aryl methyl sites for hydroxylation is 1. The molecule has 0 aromatic heterocycles. The number of hydrogen-bond acceptors (Lipinski definition) is 4. The maximum atomic E-state index is 12.4. The van der Waals surface area contributed by atoms with Crippen molar-refractivity contribution >= 4 is 17.5 Å². The second-order valence-corrected chi connectivity index (χ2v) is 7.44. The molecule has 0 bridgehead atoms. The van der Waals surface area contributed by atoms with E-state index >= 15 is 0 Å². The smallest absolute Gasteiger partial charge is 0.258 e. The number of hydrogen-bond donors (Lipinski definition) is 1. The molecule has 1 aliphatic heterocycles. The number of likely N-dealkylation sites (tertiary alicyclic amines) is 1. The Morgan fingerprint density at radius 2 is 1.93 bits per heavy atom. The van der Waals surface area contributed by atoms with Crippen LogP contribution >= 0.6 is 11.6 Å². The first kappa shape index (κ1) is 20.5. The summed E-state index contributed by atoms with van der Waals surface area (Å²) in [6.45, 7) is 4.45. The Kier molecular flexibility index (Phi) is 7.18. The average molecular weight is 403 g/mol. The number of para-hydroxylation sites is 1. The van der Waals surface area contributed by atoms with Crippen LogP contribution in [0.1, 0.15) is 30.0 Å². The first-order valence-electron chi connectivity index (χ1n) is 9.61. The van der Waals surface area contributed by atoms with E-state index in [9.17, 15) is 4.79 Å². The maximum Gasteiger partial charge on any atom is 0.258 e. The van der Waals surface area contributed by atoms with E-state index in [1.165, 1.54) is 12.8 Å². The van der Waals surface area contributed by atoms with Crippen LogP contribution in [0.2, 0.25) is 5.02 Å². The van der Waals surface area contributed by atoms with E-state index < -0.39 is 0 Å². The Balaban J connectivity index is 1.62. The van der Waals surface area contributed by atoms with Crippen LogP contribution in [0.3, 0.4) is 0 Å². The van der Waals surface area contributed by atoms with Crippen LogP contribution in [-0.2, 0) is 4.79 Å². The van der Waals surface area contributed by atoms with Crippen molar-refractivity contribution in [2.24, 2.45) is 0 Å². The van der Waals surface area contributed by atoms with Crippen molar-refractivity contribution in [3.8, 4) is 11.5 Å². The molecule has 1 heterocycles. The van der Waals surface area contributed by atoms with Crippen LogP contribution in [0.25, 0.3) is 0 Å². The van der Waals surface area contributed by atoms with Gasteiger partial charge < -0.3 is 14.8 Å². The van der Waals surface area contributed by atoms with Crippen molar-refractivity contribution in [2.45, 2.75) is 25.8 Å². The zero-order valence-electron chi connectivity index (χ0n) is 16.4. The number of carbonyl (C=O) groups is 1. The lowest BCUT2D eigenvalue weighted by Crippen LogP contribution is -2.38. The summed E-state index contributed by atoms with van der Waals surface area (Å²) in [4.78, 5) is 14.8. The van der Waals surface area contributed by atoms with Gasteiger partial charge in [-0.3, -0.25) is 9.69 Å². The summed E-state index contributed by atoms with van der Waals surface area (Å²) >= 11 is 5.96. The topological polar surface area (TPSA) is 50.8 Å². The number of methoxy groups -OCH3 is 1. The van der Waals surface area contributed by atoms with Gasteiger partial charge in [-0.1, -0.05) is 29.8 Å². The lowest BCUT2D eigenvalue weighted by atomic mass is 10.0. The van der Waals surface area contributed by atoms with Gasteiger partial charge in [-0.05, 0) is 62.7 Å². The van der Waals surface area contributed by atoms with Crippen LogP contribution in [0.5, 0.6) is 11.5 Å². The van der Waals surface area contributed by atoms with Crippen LogP contribution in [0, 0.1) is 6.92 Å². The molecule has 6 heteroatoms. The highest BCUT2D eigenvalue weighted by molar-refractivity contribution is 6.30. The zero-order valence-corrected chi connectivity index (χ0v) is 17.2. The predicted molar refractivity (Wildman–Crippen MR) is 111 cm³/mol. The molecule has 28 heavy (non-hydrogen) atoms. The molecular formula is C22H27ClN2O3. The van der Waals surface area contributed by atoms with Gasteiger partial charge in [-0.25, -0.2) is 0 Å². The number of amides is 1. The summed E-state index contributed by atoms with van der Waals surface area (Å²) < 4.78 is 11.2. The van der Waals surface area contributed by atoms with E-state index in [2.05, 4.69) is 16.3 Å². The number of carbonyl (C=O) groups excluding carboxylic acids is 1. The van der Waals surface area contributed by atoms with E-state index in [0.29, 0.717) is 17.3 Å². The summed E-state index contributed by atoms with van der Waals surface area (Å²) in [5, 5.41) is 3.68. The standard InChI is InChI=1S/C22H27ClN2O3/c1-16-13-17(23)9-10-20(16)28-15-22(26)24-14-19(25-11-5-6-12-25)18-7-3-4-8-21(18)27-2/h3-4,7-10,13,19H,5-6,11-12,14-15H2,1-2H3,(H,24,26). The largest absolute Gasteiger partial charge is 0.496 e. The van der Waals surface area contributed by atoms with Gasteiger partial charge in [0.2, 0.25) is 0 Å². The van der Waals surface area contributed by atoms with Crippen molar-refractivity contribution in [3.63, 3.8) is 0 Å². The van der Waals surface area contributed by atoms with Gasteiger partial charge in [0.1, 0.15) is 11.5 Å². The first-order chi connectivity index (χ1) is 13.6. The zero-order chi connectivity index (χ0) is 19.9. The maximum absolute atomic E-state index is 12.4. The summed E-state index contributed by atoms with van der Waals surface area (Å²) in [7, 11) is 1.68. The van der Waals surface area contributed by atoms with Crippen LogP contribution in [0.15, 0.2) is 42.5 Å². The van der Waals surface area contributed by atoms with E-state index in [4.69, 9.17) is 21.1 Å². The SMILES string of the molecule is COc1ccccc1C(CNC(=O)COc1ccc(Cl)cc1C)N1CCCC1. The molecular weight excluding hydrogens is 376 g/mol. The Hall–Kier alpha value is -2.24. The second kappa shape index (κ2) is 9.80. The molecule has 1 atom stereocenters. The lowest BCUT2D eigenvalue weighted by Gasteiger charge is -2.29. The molecule has 0 spiro atoms. The summed E-state index contributed by atoms with van der Waals surface area (Å²) in [6, 6.07) is 13.5. The van der Waals surface area contributed by atoms with Gasteiger partial charge in [0.25, 0.3) is 5.91 Å². The van der Waals surface area contributed by atoms with Crippen LogP contribution < -0.4 is 14.8 Å². The molecule has 1 saturated heterocycles. The summed E-state index contributed by atoms with van der Waals surface area (Å²) in [6.07, 6.45) is 2.36. The molecule has 1 unspecified atom stereocenters. The Morgan fingerprint density at radius 1 is 1.18 bits per heavy atom. The molecule has 150 valence electrons. The van der Waals surface area contributed by atoms with Gasteiger partial charge in [0, 0.05) is 17.1 Å². The molecule has 0 saturated carbocycles. The van der Waals surface area contributed by atoms with Gasteiger partial charge in [0.05, 0.1) is 13.2 Å². The van der Waals surface area contributed by atoms with Crippen molar-refractivity contribution in [1.29, 1.82) is 0 Å². The molecule has 2 aromatic carbocycles. The minimum absolute atomic E-state index is 0.0267. The van der Waals surface area contributed by atoms with E-state index in [0.717, 1.165) is 30.0 Å². The second-order valence-electron chi connectivity index (χ2n) is 7.00. The fourth-order valence-corrected chi connectivity index (χ4v) is 3.84. The van der Waals surface area contributed by atoms with Crippen LogP contribution in [-0.4, -0.2) is 44.2 Å². The number of ether oxygens (including phenoxy) is 2. The lowest BCUT2D eigenvalue weighted by molar-refractivity contribution is -0.123. The quantitative estimate of drug-likeness (QED) is 0.725. The number of benzene rings is 2. The fourth-order valence-electron chi connectivity index (χ4n) is 3.61. The van der Waals surface area contributed by atoms with Crippen molar-refractivity contribution in [3.05, 3.63) is 58.6 Å². The minimum Gasteiger partial charge on any atom is -0.496 e. The van der Waals surface area contributed by atoms with Gasteiger partial charge in [-0.2, -0.15) is 0 Å². The third kappa shape index (κ3) is 5.18. The van der Waals surface area contributed by atoms with Crippen molar-refractivity contribution in [2.75, 3.05) is 33.4 Å². The van der Waals surface area contributed by atoms with Crippen LogP contribution in [0.4, 0.5) is 0 Å². The monoisotopic (exact) mass is 402 g/mol. The highest BCUT2D eigenvalue weighted by Gasteiger charge is 2.26. The molecule has 1 fully saturated rings. The first-order valence-corrected chi connectivity index (χ1v) is 9.99. The van der Waals surface area contributed by atoms with E-state index in [1.807, 2.05) is 31.2 Å². The predicted octanol–water partition coefficient (Wildman–Crippen LogP) is 3.99. The molecule has 3 rings (SSSR count). The average Bonchev–Trinajstić information content (AvgIpc) is 3.22. The normalized spacial score (nSPS) is 15.2. The highest BCUT2D eigenvalue weighted by Crippen LogP contribution is 2.31. The molecule has 0 aliphatic carbocycles. The van der Waals surface area contributed by atoms with Gasteiger partial charge >= 0.3 is 0 Å². The molecule has 1 amide bonds. The number of nitrogens with one attached hydrogen (secondary N) is 1. The summed E-state index contributed by atoms with van der Waals surface area (Å²) in [5.74, 6) is 1.37. The Morgan fingerprint density at radius 3 is 2.64 bits per heavy atom. The Labute approximate surface area is 171 Å². The Bertz CT molecular complexity index is 806. The summed E-state index contributed by atoms with van der Waals surface area (Å²) in [5.41, 5.74) is 2.01. The fraction of sp³-hybridized carbons (Fsp3) is 0.409. The number of rotatable bonds is 8. The van der Waals surface area contributed by atoms with E-state index in [-0.39, 0.29) is 18.6 Å². The van der Waals surface area contributed by atoms with Crippen molar-refractivity contribution < 1.29 is 14.3 Å². The number of halogens is 1. The molecule has 1 aliphatic rings. The van der Waals surface area contributed by atoms with Gasteiger partial charge in [-0.15, -0.1) is 0 Å². The highest BCUT2D eigenvalue weighted by atomic mass is 35.5. The third-order valence-corrected chi connectivity index (χ3v) is 5.30. The molecule has 0 radical (unpaired) electrons. The number of nitrogens with zero attached hydrogens (tertiary/aromatic N) is 1. The minimum atomic E-state index is -0.145. The third-order valence-electron chi connectivity index (χ3n) is 5.07.